The monoisotopic (exact) mass is 283 g/mol. The Hall–Kier alpha value is -1.30. The first-order valence-corrected chi connectivity index (χ1v) is 7.48. The molecule has 0 bridgehead atoms. The van der Waals surface area contributed by atoms with E-state index in [2.05, 4.69) is 4.90 Å². The van der Waals surface area contributed by atoms with E-state index in [1.165, 1.54) is 0 Å². The number of hydrogen-bond donors (Lipinski definition) is 0. The summed E-state index contributed by atoms with van der Waals surface area (Å²) in [5, 5.41) is 0. The molecule has 0 aliphatic carbocycles. The molecule has 0 aromatic heterocycles. The number of ether oxygens (including phenoxy) is 1. The second kappa shape index (κ2) is 6.92. The van der Waals surface area contributed by atoms with Crippen LogP contribution in [0.2, 0.25) is 0 Å². The van der Waals surface area contributed by atoms with E-state index in [0.717, 1.165) is 45.7 Å². The van der Waals surface area contributed by atoms with Crippen LogP contribution < -0.4 is 0 Å². The quantitative estimate of drug-likeness (QED) is 0.762. The van der Waals surface area contributed by atoms with Gasteiger partial charge in [-0.2, -0.15) is 0 Å². The van der Waals surface area contributed by atoms with Crippen molar-refractivity contribution in [1.82, 2.24) is 14.7 Å². The summed E-state index contributed by atoms with van der Waals surface area (Å²) in [6.45, 7) is 7.41. The zero-order valence-electron chi connectivity index (χ0n) is 12.5. The van der Waals surface area contributed by atoms with Crippen LogP contribution in [0.3, 0.4) is 0 Å². The lowest BCUT2D eigenvalue weighted by molar-refractivity contribution is -0.133. The smallest absolute Gasteiger partial charge is 0.409 e. The zero-order chi connectivity index (χ0) is 14.5. The molecular formula is C14H25N3O3. The zero-order valence-corrected chi connectivity index (χ0v) is 12.5. The maximum Gasteiger partial charge on any atom is 0.409 e. The van der Waals surface area contributed by atoms with Gasteiger partial charge in [-0.25, -0.2) is 4.79 Å². The molecule has 1 unspecified atom stereocenters. The average Bonchev–Trinajstić information content (AvgIpc) is 2.44. The molecule has 1 atom stereocenters. The molecule has 6 heteroatoms. The van der Waals surface area contributed by atoms with Crippen LogP contribution in [-0.4, -0.2) is 79.6 Å². The minimum Gasteiger partial charge on any atom is -0.450 e. The van der Waals surface area contributed by atoms with Crippen LogP contribution in [0, 0.1) is 5.92 Å². The predicted octanol–water partition coefficient (Wildman–Crippen LogP) is 0.629. The van der Waals surface area contributed by atoms with Gasteiger partial charge in [-0.3, -0.25) is 9.69 Å². The van der Waals surface area contributed by atoms with Gasteiger partial charge in [0.05, 0.1) is 6.61 Å². The lowest BCUT2D eigenvalue weighted by atomic mass is 9.97. The fraction of sp³-hybridized carbons (Fsp3) is 0.857. The van der Waals surface area contributed by atoms with Crippen molar-refractivity contribution in [3.63, 3.8) is 0 Å². The number of amides is 2. The number of carbonyl (C=O) groups excluding carboxylic acids is 2. The van der Waals surface area contributed by atoms with Crippen LogP contribution in [0.25, 0.3) is 0 Å². The molecule has 0 spiro atoms. The normalized spacial score (nSPS) is 24.9. The van der Waals surface area contributed by atoms with E-state index >= 15 is 0 Å². The Morgan fingerprint density at radius 3 is 2.60 bits per heavy atom. The number of carbonyl (C=O) groups is 2. The summed E-state index contributed by atoms with van der Waals surface area (Å²) in [5.74, 6) is 0.820. The molecule has 2 heterocycles. The van der Waals surface area contributed by atoms with Gasteiger partial charge < -0.3 is 14.5 Å². The molecule has 0 N–H and O–H groups in total. The van der Waals surface area contributed by atoms with Crippen molar-refractivity contribution in [1.29, 1.82) is 0 Å². The lowest BCUT2D eigenvalue weighted by Crippen LogP contribution is -2.51. The van der Waals surface area contributed by atoms with E-state index in [4.69, 9.17) is 4.74 Å². The molecule has 20 heavy (non-hydrogen) atoms. The number of nitrogens with zero attached hydrogens (tertiary/aromatic N) is 3. The van der Waals surface area contributed by atoms with Gasteiger partial charge in [-0.1, -0.05) is 0 Å². The highest BCUT2D eigenvalue weighted by molar-refractivity contribution is 5.76. The molecule has 2 aliphatic rings. The van der Waals surface area contributed by atoms with Crippen molar-refractivity contribution in [3.8, 4) is 0 Å². The van der Waals surface area contributed by atoms with Gasteiger partial charge in [0.25, 0.3) is 0 Å². The fourth-order valence-corrected chi connectivity index (χ4v) is 2.94. The second-order valence-corrected chi connectivity index (χ2v) is 5.67. The van der Waals surface area contributed by atoms with Crippen LogP contribution in [0.15, 0.2) is 0 Å². The summed E-state index contributed by atoms with van der Waals surface area (Å²) in [6.07, 6.45) is 1.46. The van der Waals surface area contributed by atoms with Crippen molar-refractivity contribution in [2.75, 3.05) is 52.9 Å². The fourth-order valence-electron chi connectivity index (χ4n) is 2.94. The van der Waals surface area contributed by atoms with Gasteiger partial charge in [-0.05, 0) is 19.3 Å². The number of likely N-dealkylation sites (tertiary alicyclic amines) is 1. The minimum absolute atomic E-state index is 0.199. The summed E-state index contributed by atoms with van der Waals surface area (Å²) < 4.78 is 5.02. The average molecular weight is 283 g/mol. The van der Waals surface area contributed by atoms with E-state index < -0.39 is 0 Å². The third kappa shape index (κ3) is 3.85. The van der Waals surface area contributed by atoms with Gasteiger partial charge in [0, 0.05) is 52.7 Å². The Morgan fingerprint density at radius 1 is 1.30 bits per heavy atom. The third-order valence-electron chi connectivity index (χ3n) is 4.14. The van der Waals surface area contributed by atoms with Gasteiger partial charge >= 0.3 is 6.09 Å². The van der Waals surface area contributed by atoms with Gasteiger partial charge in [0.2, 0.25) is 5.91 Å². The summed E-state index contributed by atoms with van der Waals surface area (Å²) in [5.41, 5.74) is 0. The van der Waals surface area contributed by atoms with Crippen LogP contribution >= 0.6 is 0 Å². The molecule has 0 aromatic carbocycles. The molecule has 2 aliphatic heterocycles. The van der Waals surface area contributed by atoms with E-state index in [-0.39, 0.29) is 12.0 Å². The molecule has 2 amide bonds. The first-order chi connectivity index (χ1) is 9.60. The predicted molar refractivity (Wildman–Crippen MR) is 75.4 cm³/mol. The van der Waals surface area contributed by atoms with E-state index in [9.17, 15) is 9.59 Å². The topological polar surface area (TPSA) is 53.1 Å². The molecule has 2 saturated heterocycles. The Labute approximate surface area is 120 Å². The van der Waals surface area contributed by atoms with Crippen LogP contribution in [-0.2, 0) is 9.53 Å². The van der Waals surface area contributed by atoms with Crippen molar-refractivity contribution in [2.45, 2.75) is 19.8 Å². The summed E-state index contributed by atoms with van der Waals surface area (Å²) in [4.78, 5) is 29.1. The second-order valence-electron chi connectivity index (χ2n) is 5.67. The number of piperazine rings is 1. The summed E-state index contributed by atoms with van der Waals surface area (Å²) >= 11 is 0. The highest BCUT2D eigenvalue weighted by Gasteiger charge is 2.27. The SMILES string of the molecule is CCOC(=O)N1CCN(CC2CCC(=O)N(C)C2)CC1. The van der Waals surface area contributed by atoms with Gasteiger partial charge in [0.1, 0.15) is 0 Å². The third-order valence-corrected chi connectivity index (χ3v) is 4.14. The Morgan fingerprint density at radius 2 is 2.00 bits per heavy atom. The molecule has 114 valence electrons. The summed E-state index contributed by atoms with van der Waals surface area (Å²) in [7, 11) is 1.88. The van der Waals surface area contributed by atoms with E-state index in [1.807, 2.05) is 18.9 Å². The first kappa shape index (κ1) is 15.1. The van der Waals surface area contributed by atoms with Gasteiger partial charge in [0.15, 0.2) is 0 Å². The molecule has 0 radical (unpaired) electrons. The van der Waals surface area contributed by atoms with Crippen molar-refractivity contribution in [3.05, 3.63) is 0 Å². The first-order valence-electron chi connectivity index (χ1n) is 7.48. The van der Waals surface area contributed by atoms with Crippen LogP contribution in [0.5, 0.6) is 0 Å². The molecule has 2 fully saturated rings. The van der Waals surface area contributed by atoms with Crippen molar-refractivity contribution < 1.29 is 14.3 Å². The maximum absolute atomic E-state index is 11.6. The Kier molecular flexibility index (Phi) is 5.23. The van der Waals surface area contributed by atoms with E-state index in [1.54, 1.807) is 4.90 Å². The Balaban J connectivity index is 1.72. The molecule has 2 rings (SSSR count). The lowest BCUT2D eigenvalue weighted by Gasteiger charge is -2.38. The van der Waals surface area contributed by atoms with Crippen LogP contribution in [0.4, 0.5) is 4.79 Å². The largest absolute Gasteiger partial charge is 0.450 e. The molecule has 0 saturated carbocycles. The van der Waals surface area contributed by atoms with Gasteiger partial charge in [-0.15, -0.1) is 0 Å². The number of rotatable bonds is 3. The highest BCUT2D eigenvalue weighted by Crippen LogP contribution is 2.18. The molecule has 6 nitrogen and oxygen atoms in total. The maximum atomic E-state index is 11.6. The number of hydrogen-bond acceptors (Lipinski definition) is 4. The van der Waals surface area contributed by atoms with Crippen LogP contribution in [0.1, 0.15) is 19.8 Å². The molecular weight excluding hydrogens is 258 g/mol. The minimum atomic E-state index is -0.199. The van der Waals surface area contributed by atoms with Crippen molar-refractivity contribution >= 4 is 12.0 Å². The standard InChI is InChI=1S/C14H25N3O3/c1-3-20-14(19)17-8-6-16(7-9-17)11-12-4-5-13(18)15(2)10-12/h12H,3-11H2,1-2H3. The van der Waals surface area contributed by atoms with Crippen molar-refractivity contribution in [2.24, 2.45) is 5.92 Å². The number of piperidine rings is 1. The Bertz CT molecular complexity index is 354. The summed E-state index contributed by atoms with van der Waals surface area (Å²) in [6, 6.07) is 0. The highest BCUT2D eigenvalue weighted by atomic mass is 16.6. The molecule has 0 aromatic rings. The van der Waals surface area contributed by atoms with E-state index in [0.29, 0.717) is 18.9 Å².